The summed E-state index contributed by atoms with van der Waals surface area (Å²) < 4.78 is 24.8. The van der Waals surface area contributed by atoms with Gasteiger partial charge in [-0.1, -0.05) is 12.1 Å². The van der Waals surface area contributed by atoms with E-state index in [1.165, 1.54) is 6.07 Å². The van der Waals surface area contributed by atoms with Crippen LogP contribution in [0.3, 0.4) is 0 Å². The summed E-state index contributed by atoms with van der Waals surface area (Å²) >= 11 is 0. The summed E-state index contributed by atoms with van der Waals surface area (Å²) in [6.45, 7) is 2.74. The van der Waals surface area contributed by atoms with Crippen molar-refractivity contribution < 1.29 is 19.0 Å². The predicted molar refractivity (Wildman–Crippen MR) is 70.8 cm³/mol. The maximum absolute atomic E-state index is 14.1. The third-order valence-corrected chi connectivity index (χ3v) is 3.61. The van der Waals surface area contributed by atoms with E-state index in [1.807, 2.05) is 4.90 Å². The molecule has 4 nitrogen and oxygen atoms in total. The van der Waals surface area contributed by atoms with Crippen molar-refractivity contribution in [1.29, 1.82) is 0 Å². The van der Waals surface area contributed by atoms with Gasteiger partial charge in [0.1, 0.15) is 18.0 Å². The summed E-state index contributed by atoms with van der Waals surface area (Å²) in [5, 5.41) is 9.78. The quantitative estimate of drug-likeness (QED) is 0.904. The number of nitrogens with zero attached hydrogens (tertiary/aromatic N) is 1. The van der Waals surface area contributed by atoms with Crippen LogP contribution in [0.25, 0.3) is 0 Å². The van der Waals surface area contributed by atoms with E-state index in [9.17, 15) is 9.50 Å². The minimum absolute atomic E-state index is 0.0912. The largest absolute Gasteiger partial charge is 0.389 e. The van der Waals surface area contributed by atoms with Crippen LogP contribution in [0, 0.1) is 5.82 Å². The number of ether oxygens (including phenoxy) is 2. The Kier molecular flexibility index (Phi) is 4.39. The number of aliphatic hydroxyl groups excluding tert-OH is 1. The van der Waals surface area contributed by atoms with Crippen LogP contribution in [0.5, 0.6) is 0 Å². The first-order valence-electron chi connectivity index (χ1n) is 6.35. The lowest BCUT2D eigenvalue weighted by Gasteiger charge is -2.23. The standard InChI is InChI=1S/C14H20FNO3/c1-9(17)10-5-4-6-11(15)14(10)16-7-12(18-2)13(8-16)19-3/h4-6,9,12-13,17H,7-8H2,1-3H3. The molecule has 0 aliphatic carbocycles. The fraction of sp³-hybridized carbons (Fsp3) is 0.571. The zero-order chi connectivity index (χ0) is 14.0. The normalized spacial score (nSPS) is 24.8. The molecule has 106 valence electrons. The molecule has 0 radical (unpaired) electrons. The number of anilines is 1. The molecule has 1 heterocycles. The number of benzene rings is 1. The SMILES string of the molecule is COC1CN(c2c(F)cccc2C(C)O)CC1OC. The minimum atomic E-state index is -0.715. The Balaban J connectivity index is 2.33. The second-order valence-electron chi connectivity index (χ2n) is 4.81. The first-order chi connectivity index (χ1) is 9.08. The molecule has 1 N–H and O–H groups in total. The van der Waals surface area contributed by atoms with Gasteiger partial charge >= 0.3 is 0 Å². The molecule has 3 atom stereocenters. The zero-order valence-corrected chi connectivity index (χ0v) is 11.5. The van der Waals surface area contributed by atoms with Crippen LogP contribution in [0.4, 0.5) is 10.1 Å². The van der Waals surface area contributed by atoms with Crippen molar-refractivity contribution >= 4 is 5.69 Å². The maximum Gasteiger partial charge on any atom is 0.146 e. The zero-order valence-electron chi connectivity index (χ0n) is 11.5. The molecule has 1 fully saturated rings. The van der Waals surface area contributed by atoms with E-state index in [1.54, 1.807) is 33.3 Å². The summed E-state index contributed by atoms with van der Waals surface area (Å²) in [5.74, 6) is -0.329. The first kappa shape index (κ1) is 14.2. The molecule has 5 heteroatoms. The van der Waals surface area contributed by atoms with Gasteiger partial charge in [-0.2, -0.15) is 0 Å². The molecular formula is C14H20FNO3. The molecule has 19 heavy (non-hydrogen) atoms. The second-order valence-corrected chi connectivity index (χ2v) is 4.81. The lowest BCUT2D eigenvalue weighted by atomic mass is 10.1. The van der Waals surface area contributed by atoms with Gasteiger partial charge in [0, 0.05) is 32.9 Å². The van der Waals surface area contributed by atoms with Gasteiger partial charge < -0.3 is 19.5 Å². The lowest BCUT2D eigenvalue weighted by molar-refractivity contribution is -0.00461. The Morgan fingerprint density at radius 3 is 2.32 bits per heavy atom. The van der Waals surface area contributed by atoms with Crippen LogP contribution in [0.1, 0.15) is 18.6 Å². The first-order valence-corrected chi connectivity index (χ1v) is 6.35. The van der Waals surface area contributed by atoms with Crippen molar-refractivity contribution in [2.45, 2.75) is 25.2 Å². The molecule has 1 aromatic rings. The average molecular weight is 269 g/mol. The number of halogens is 1. The highest BCUT2D eigenvalue weighted by molar-refractivity contribution is 5.57. The molecule has 0 saturated carbocycles. The smallest absolute Gasteiger partial charge is 0.146 e. The molecule has 0 amide bonds. The average Bonchev–Trinajstić information content (AvgIpc) is 2.81. The van der Waals surface area contributed by atoms with E-state index in [4.69, 9.17) is 9.47 Å². The van der Waals surface area contributed by atoms with Crippen LogP contribution in [0.2, 0.25) is 0 Å². The lowest BCUT2D eigenvalue weighted by Crippen LogP contribution is -2.27. The molecule has 1 saturated heterocycles. The summed E-state index contributed by atoms with van der Waals surface area (Å²) in [6, 6.07) is 4.76. The van der Waals surface area contributed by atoms with Gasteiger partial charge in [-0.25, -0.2) is 4.39 Å². The number of hydrogen-bond donors (Lipinski definition) is 1. The number of rotatable bonds is 4. The topological polar surface area (TPSA) is 41.9 Å². The van der Waals surface area contributed by atoms with Gasteiger partial charge in [0.05, 0.1) is 11.8 Å². The summed E-state index contributed by atoms with van der Waals surface area (Å²) in [4.78, 5) is 1.87. The number of para-hydroxylation sites is 1. The van der Waals surface area contributed by atoms with Gasteiger partial charge in [0.25, 0.3) is 0 Å². The Morgan fingerprint density at radius 1 is 1.26 bits per heavy atom. The predicted octanol–water partition coefficient (Wildman–Crippen LogP) is 1.73. The van der Waals surface area contributed by atoms with Gasteiger partial charge in [-0.05, 0) is 13.0 Å². The van der Waals surface area contributed by atoms with E-state index in [2.05, 4.69) is 0 Å². The van der Waals surface area contributed by atoms with Gasteiger partial charge in [0.15, 0.2) is 0 Å². The minimum Gasteiger partial charge on any atom is -0.389 e. The summed E-state index contributed by atoms with van der Waals surface area (Å²) in [6.07, 6.45) is -0.897. The molecule has 1 aliphatic rings. The molecule has 1 aromatic carbocycles. The van der Waals surface area contributed by atoms with E-state index in [0.717, 1.165) is 0 Å². The van der Waals surface area contributed by atoms with Gasteiger partial charge in [-0.3, -0.25) is 0 Å². The fourth-order valence-electron chi connectivity index (χ4n) is 2.58. The van der Waals surface area contributed by atoms with Gasteiger partial charge in [-0.15, -0.1) is 0 Å². The van der Waals surface area contributed by atoms with Gasteiger partial charge in [0.2, 0.25) is 0 Å². The fourth-order valence-corrected chi connectivity index (χ4v) is 2.58. The monoisotopic (exact) mass is 269 g/mol. The van der Waals surface area contributed by atoms with Crippen LogP contribution in [-0.2, 0) is 9.47 Å². The molecule has 1 aliphatic heterocycles. The Morgan fingerprint density at radius 2 is 1.84 bits per heavy atom. The van der Waals surface area contributed by atoms with Crippen LogP contribution < -0.4 is 4.90 Å². The summed E-state index contributed by atoms with van der Waals surface area (Å²) in [5.41, 5.74) is 1.03. The molecular weight excluding hydrogens is 249 g/mol. The number of aliphatic hydroxyl groups is 1. The Bertz CT molecular complexity index is 427. The van der Waals surface area contributed by atoms with E-state index < -0.39 is 6.10 Å². The molecule has 0 bridgehead atoms. The van der Waals surface area contributed by atoms with Crippen molar-refractivity contribution in [3.63, 3.8) is 0 Å². The van der Waals surface area contributed by atoms with Crippen molar-refractivity contribution in [2.75, 3.05) is 32.2 Å². The van der Waals surface area contributed by atoms with Crippen molar-refractivity contribution in [2.24, 2.45) is 0 Å². The third-order valence-electron chi connectivity index (χ3n) is 3.61. The second kappa shape index (κ2) is 5.86. The van der Waals surface area contributed by atoms with Crippen LogP contribution in [-0.4, -0.2) is 44.6 Å². The van der Waals surface area contributed by atoms with E-state index in [0.29, 0.717) is 24.3 Å². The maximum atomic E-state index is 14.1. The molecule has 2 rings (SSSR count). The highest BCUT2D eigenvalue weighted by atomic mass is 19.1. The van der Waals surface area contributed by atoms with Crippen molar-refractivity contribution in [3.8, 4) is 0 Å². The molecule has 3 unspecified atom stereocenters. The highest BCUT2D eigenvalue weighted by Crippen LogP contribution is 2.32. The Hall–Kier alpha value is -1.17. The molecule has 0 spiro atoms. The summed E-state index contributed by atoms with van der Waals surface area (Å²) in [7, 11) is 3.24. The van der Waals surface area contributed by atoms with Crippen LogP contribution >= 0.6 is 0 Å². The van der Waals surface area contributed by atoms with Crippen LogP contribution in [0.15, 0.2) is 18.2 Å². The van der Waals surface area contributed by atoms with Crippen molar-refractivity contribution in [1.82, 2.24) is 0 Å². The molecule has 0 aromatic heterocycles. The number of hydrogen-bond acceptors (Lipinski definition) is 4. The third kappa shape index (κ3) is 2.73. The Labute approximate surface area is 112 Å². The van der Waals surface area contributed by atoms with E-state index in [-0.39, 0.29) is 18.0 Å². The number of methoxy groups -OCH3 is 2. The van der Waals surface area contributed by atoms with Crippen molar-refractivity contribution in [3.05, 3.63) is 29.6 Å². The highest BCUT2D eigenvalue weighted by Gasteiger charge is 2.35. The van der Waals surface area contributed by atoms with E-state index >= 15 is 0 Å².